The molecule has 3 aliphatic rings. The second-order valence-electron chi connectivity index (χ2n) is 10.7. The van der Waals surface area contributed by atoms with E-state index in [1.807, 2.05) is 13.0 Å². The van der Waals surface area contributed by atoms with Crippen LogP contribution in [0.5, 0.6) is 5.75 Å². The Morgan fingerprint density at radius 3 is 2.47 bits per heavy atom. The number of nitrogens with zero attached hydrogens (tertiary/aromatic N) is 1. The summed E-state index contributed by atoms with van der Waals surface area (Å²) in [5.74, 6) is 1.29. The van der Waals surface area contributed by atoms with Gasteiger partial charge in [0.15, 0.2) is 5.78 Å². The van der Waals surface area contributed by atoms with Gasteiger partial charge < -0.3 is 9.64 Å². The fourth-order valence-corrected chi connectivity index (χ4v) is 6.42. The smallest absolute Gasteiger partial charge is 0.217 e. The Kier molecular flexibility index (Phi) is 6.18. The van der Waals surface area contributed by atoms with E-state index in [0.717, 1.165) is 23.4 Å². The minimum atomic E-state index is -3.74. The lowest BCUT2D eigenvalue weighted by molar-refractivity contribution is 0.0932. The molecule has 0 saturated heterocycles. The molecule has 1 saturated carbocycles. The quantitative estimate of drug-likeness (QED) is 0.726. The highest BCUT2D eigenvalue weighted by Gasteiger charge is 2.40. The number of ketones is 1. The van der Waals surface area contributed by atoms with Crippen molar-refractivity contribution >= 4 is 21.5 Å². The van der Waals surface area contributed by atoms with Crippen molar-refractivity contribution in [3.05, 3.63) is 34.9 Å². The van der Waals surface area contributed by atoms with Crippen LogP contribution in [0.1, 0.15) is 87.7 Å². The first-order chi connectivity index (χ1) is 15.0. The molecule has 1 aromatic rings. The standard InChI is InChI=1S/C25H36N2O4S/c1-16-23(32(26,29)30)14-21(27(16)15-17-8-6-5-7-9-17)18-12-19-22(28)10-11-31-24(19)20(13-18)25(2,3)4/h12-14,16-17,23H,5-11,15H2,1-4H3,(H2,26,29,30). The molecule has 0 aromatic heterocycles. The SMILES string of the molecule is CC1C(S(N)(=O)=O)C=C(c2cc3c(c(C(C)(C)C)c2)OCCC3=O)N1CC1CCCCC1. The highest BCUT2D eigenvalue weighted by molar-refractivity contribution is 7.90. The molecule has 2 aliphatic heterocycles. The molecule has 2 heterocycles. The van der Waals surface area contributed by atoms with E-state index in [4.69, 9.17) is 9.88 Å². The van der Waals surface area contributed by atoms with Crippen molar-refractivity contribution < 1.29 is 17.9 Å². The number of carbonyl (C=O) groups is 1. The molecule has 6 nitrogen and oxygen atoms in total. The molecule has 1 fully saturated rings. The van der Waals surface area contributed by atoms with E-state index in [0.29, 0.717) is 30.3 Å². The molecular formula is C25H36N2O4S. The Bertz CT molecular complexity index is 1030. The second kappa shape index (κ2) is 8.49. The van der Waals surface area contributed by atoms with Gasteiger partial charge in [0, 0.05) is 30.3 Å². The molecule has 0 spiro atoms. The molecule has 0 bridgehead atoms. The van der Waals surface area contributed by atoms with Crippen LogP contribution in [-0.4, -0.2) is 43.5 Å². The maximum Gasteiger partial charge on any atom is 0.217 e. The van der Waals surface area contributed by atoms with E-state index in [1.165, 1.54) is 32.1 Å². The van der Waals surface area contributed by atoms with Gasteiger partial charge in [0.25, 0.3) is 0 Å². The van der Waals surface area contributed by atoms with E-state index < -0.39 is 15.3 Å². The first kappa shape index (κ1) is 23.3. The lowest BCUT2D eigenvalue weighted by Crippen LogP contribution is -2.42. The van der Waals surface area contributed by atoms with Crippen LogP contribution in [0.4, 0.5) is 0 Å². The molecule has 32 heavy (non-hydrogen) atoms. The van der Waals surface area contributed by atoms with Crippen molar-refractivity contribution in [3.63, 3.8) is 0 Å². The van der Waals surface area contributed by atoms with Gasteiger partial charge in [-0.25, -0.2) is 13.6 Å². The summed E-state index contributed by atoms with van der Waals surface area (Å²) >= 11 is 0. The number of sulfonamides is 1. The van der Waals surface area contributed by atoms with E-state index in [2.05, 4.69) is 31.7 Å². The third-order valence-electron chi connectivity index (χ3n) is 7.23. The van der Waals surface area contributed by atoms with Crippen molar-refractivity contribution in [1.29, 1.82) is 0 Å². The first-order valence-electron chi connectivity index (χ1n) is 11.8. The number of rotatable bonds is 4. The highest BCUT2D eigenvalue weighted by atomic mass is 32.2. The van der Waals surface area contributed by atoms with E-state index in [1.54, 1.807) is 6.08 Å². The average molecular weight is 461 g/mol. The Morgan fingerprint density at radius 2 is 1.84 bits per heavy atom. The number of ether oxygens (including phenoxy) is 1. The highest BCUT2D eigenvalue weighted by Crippen LogP contribution is 2.42. The number of nitrogens with two attached hydrogens (primary N) is 1. The Labute approximate surface area is 192 Å². The van der Waals surface area contributed by atoms with Gasteiger partial charge in [0.2, 0.25) is 10.0 Å². The van der Waals surface area contributed by atoms with Crippen LogP contribution >= 0.6 is 0 Å². The predicted molar refractivity (Wildman–Crippen MR) is 127 cm³/mol. The number of fused-ring (bicyclic) bond motifs is 1. The summed E-state index contributed by atoms with van der Waals surface area (Å²) in [7, 11) is -3.74. The number of benzene rings is 1. The minimum Gasteiger partial charge on any atom is -0.492 e. The molecule has 0 radical (unpaired) electrons. The monoisotopic (exact) mass is 460 g/mol. The summed E-state index contributed by atoms with van der Waals surface area (Å²) in [6.07, 6.45) is 8.22. The van der Waals surface area contributed by atoms with Crippen molar-refractivity contribution in [2.75, 3.05) is 13.2 Å². The Balaban J connectivity index is 1.82. The van der Waals surface area contributed by atoms with Crippen LogP contribution in [0.2, 0.25) is 0 Å². The van der Waals surface area contributed by atoms with E-state index >= 15 is 0 Å². The molecule has 1 aromatic carbocycles. The molecule has 0 amide bonds. The van der Waals surface area contributed by atoms with Gasteiger partial charge in [0.05, 0.1) is 12.2 Å². The van der Waals surface area contributed by atoms with E-state index in [9.17, 15) is 13.2 Å². The molecule has 176 valence electrons. The predicted octanol–water partition coefficient (Wildman–Crippen LogP) is 4.23. The Morgan fingerprint density at radius 1 is 1.16 bits per heavy atom. The summed E-state index contributed by atoms with van der Waals surface area (Å²) in [6, 6.07) is 3.72. The van der Waals surface area contributed by atoms with Gasteiger partial charge in [-0.15, -0.1) is 0 Å². The van der Waals surface area contributed by atoms with Gasteiger partial charge >= 0.3 is 0 Å². The number of carbonyl (C=O) groups excluding carboxylic acids is 1. The molecular weight excluding hydrogens is 424 g/mol. The van der Waals surface area contributed by atoms with Crippen LogP contribution < -0.4 is 9.88 Å². The largest absolute Gasteiger partial charge is 0.492 e. The van der Waals surface area contributed by atoms with Gasteiger partial charge in [-0.1, -0.05) is 40.0 Å². The van der Waals surface area contributed by atoms with Gasteiger partial charge in [-0.2, -0.15) is 0 Å². The normalized spacial score (nSPS) is 24.8. The molecule has 2 unspecified atom stereocenters. The lowest BCUT2D eigenvalue weighted by atomic mass is 9.82. The summed E-state index contributed by atoms with van der Waals surface area (Å²) in [5.41, 5.74) is 3.10. The number of hydrogen-bond donors (Lipinski definition) is 1. The number of primary sulfonamides is 1. The van der Waals surface area contributed by atoms with Crippen molar-refractivity contribution in [2.45, 2.75) is 82.9 Å². The maximum atomic E-state index is 12.8. The zero-order valence-corrected chi connectivity index (χ0v) is 20.5. The van der Waals surface area contributed by atoms with E-state index in [-0.39, 0.29) is 17.2 Å². The summed E-state index contributed by atoms with van der Waals surface area (Å²) in [6.45, 7) is 9.47. The fourth-order valence-electron chi connectivity index (χ4n) is 5.41. The third-order valence-corrected chi connectivity index (χ3v) is 8.51. The second-order valence-corrected chi connectivity index (χ2v) is 12.4. The van der Waals surface area contributed by atoms with Gasteiger partial charge in [-0.3, -0.25) is 4.79 Å². The summed E-state index contributed by atoms with van der Waals surface area (Å²) < 4.78 is 30.7. The van der Waals surface area contributed by atoms with Crippen LogP contribution in [0, 0.1) is 5.92 Å². The zero-order valence-electron chi connectivity index (χ0n) is 19.7. The van der Waals surface area contributed by atoms with Crippen LogP contribution in [0.25, 0.3) is 5.70 Å². The lowest BCUT2D eigenvalue weighted by Gasteiger charge is -2.35. The number of Topliss-reactive ketones (excluding diaryl/α,β-unsaturated/α-hetero) is 1. The molecule has 4 rings (SSSR count). The molecule has 2 atom stereocenters. The van der Waals surface area contributed by atoms with Crippen LogP contribution in [0.3, 0.4) is 0 Å². The number of hydrogen-bond acceptors (Lipinski definition) is 5. The van der Waals surface area contributed by atoms with Crippen LogP contribution in [-0.2, 0) is 15.4 Å². The van der Waals surface area contributed by atoms with Gasteiger partial charge in [-0.05, 0) is 54.9 Å². The van der Waals surface area contributed by atoms with Crippen molar-refractivity contribution in [1.82, 2.24) is 4.90 Å². The molecule has 1 aliphatic carbocycles. The first-order valence-corrected chi connectivity index (χ1v) is 13.4. The average Bonchev–Trinajstić information content (AvgIpc) is 3.04. The summed E-state index contributed by atoms with van der Waals surface area (Å²) in [5, 5.41) is 4.86. The maximum absolute atomic E-state index is 12.8. The third kappa shape index (κ3) is 4.46. The van der Waals surface area contributed by atoms with Crippen molar-refractivity contribution in [2.24, 2.45) is 11.1 Å². The zero-order chi connectivity index (χ0) is 23.3. The van der Waals surface area contributed by atoms with Gasteiger partial charge in [0.1, 0.15) is 11.0 Å². The van der Waals surface area contributed by atoms with Crippen LogP contribution in [0.15, 0.2) is 18.2 Å². The fraction of sp³-hybridized carbons (Fsp3) is 0.640. The van der Waals surface area contributed by atoms with Crippen molar-refractivity contribution in [3.8, 4) is 5.75 Å². The molecule has 2 N–H and O–H groups in total. The summed E-state index contributed by atoms with van der Waals surface area (Å²) in [4.78, 5) is 15.0. The topological polar surface area (TPSA) is 89.7 Å². The Hall–Kier alpha value is -1.86. The minimum absolute atomic E-state index is 0.0760. The molecule has 7 heteroatoms.